The minimum absolute atomic E-state index is 0.104. The molecule has 0 unspecified atom stereocenters. The molecule has 1 N–H and O–H groups in total. The third-order valence-corrected chi connectivity index (χ3v) is 3.68. The number of halogens is 1. The van der Waals surface area contributed by atoms with E-state index in [1.807, 2.05) is 19.2 Å². The van der Waals surface area contributed by atoms with Gasteiger partial charge >= 0.3 is 0 Å². The number of rotatable bonds is 6. The number of nitrogens with one attached hydrogen (secondary N) is 1. The zero-order valence-corrected chi connectivity index (χ0v) is 11.2. The van der Waals surface area contributed by atoms with E-state index in [4.69, 9.17) is 0 Å². The van der Waals surface area contributed by atoms with E-state index in [1.165, 1.54) is 31.7 Å². The maximum Gasteiger partial charge on any atom is 0.127 e. The van der Waals surface area contributed by atoms with E-state index in [2.05, 4.69) is 10.2 Å². The average molecular weight is 250 g/mol. The van der Waals surface area contributed by atoms with Gasteiger partial charge in [-0.05, 0) is 26.0 Å². The molecule has 0 aromatic heterocycles. The van der Waals surface area contributed by atoms with Gasteiger partial charge in [0.25, 0.3) is 0 Å². The molecule has 1 aliphatic carbocycles. The molecule has 0 heterocycles. The highest BCUT2D eigenvalue weighted by Crippen LogP contribution is 2.17. The first-order chi connectivity index (χ1) is 8.75. The lowest BCUT2D eigenvalue weighted by molar-refractivity contribution is 0.312. The highest BCUT2D eigenvalue weighted by Gasteiger charge is 2.13. The largest absolute Gasteiger partial charge is 0.313 e. The Hall–Kier alpha value is -0.930. The molecule has 0 atom stereocenters. The van der Waals surface area contributed by atoms with E-state index in [-0.39, 0.29) is 5.82 Å². The molecule has 2 rings (SSSR count). The standard InChI is InChI=1S/C15H23FN2/c1-18(11-10-17-14-7-3-4-8-14)12-13-6-2-5-9-15(13)16/h2,5-6,9,14,17H,3-4,7-8,10-12H2,1H3. The van der Waals surface area contributed by atoms with Gasteiger partial charge in [0.1, 0.15) is 5.82 Å². The fraction of sp³-hybridized carbons (Fsp3) is 0.600. The van der Waals surface area contributed by atoms with Gasteiger partial charge in [0.05, 0.1) is 0 Å². The van der Waals surface area contributed by atoms with Gasteiger partial charge in [-0.15, -0.1) is 0 Å². The molecule has 0 aliphatic heterocycles. The van der Waals surface area contributed by atoms with Crippen LogP contribution in [-0.4, -0.2) is 31.1 Å². The predicted molar refractivity (Wildman–Crippen MR) is 73.0 cm³/mol. The van der Waals surface area contributed by atoms with Crippen molar-refractivity contribution in [3.05, 3.63) is 35.6 Å². The Morgan fingerprint density at radius 2 is 2.00 bits per heavy atom. The van der Waals surface area contributed by atoms with Gasteiger partial charge in [0.2, 0.25) is 0 Å². The molecular formula is C15H23FN2. The van der Waals surface area contributed by atoms with E-state index >= 15 is 0 Å². The third-order valence-electron chi connectivity index (χ3n) is 3.68. The molecule has 1 fully saturated rings. The number of nitrogens with zero attached hydrogens (tertiary/aromatic N) is 1. The van der Waals surface area contributed by atoms with Crippen LogP contribution in [-0.2, 0) is 6.54 Å². The number of hydrogen-bond acceptors (Lipinski definition) is 2. The van der Waals surface area contributed by atoms with Gasteiger partial charge in [0, 0.05) is 31.2 Å². The second-order valence-electron chi connectivity index (χ2n) is 5.26. The second kappa shape index (κ2) is 6.86. The molecule has 0 spiro atoms. The number of likely N-dealkylation sites (N-methyl/N-ethyl adjacent to an activating group) is 1. The summed E-state index contributed by atoms with van der Waals surface area (Å²) in [6.07, 6.45) is 5.36. The minimum atomic E-state index is -0.104. The van der Waals surface area contributed by atoms with Crippen molar-refractivity contribution in [2.75, 3.05) is 20.1 Å². The zero-order chi connectivity index (χ0) is 12.8. The first kappa shape index (κ1) is 13.5. The molecule has 1 aliphatic rings. The molecule has 100 valence electrons. The van der Waals surface area contributed by atoms with Crippen LogP contribution >= 0.6 is 0 Å². The van der Waals surface area contributed by atoms with Crippen LogP contribution in [0.15, 0.2) is 24.3 Å². The molecule has 0 amide bonds. The van der Waals surface area contributed by atoms with Gasteiger partial charge in [0.15, 0.2) is 0 Å². The van der Waals surface area contributed by atoms with E-state index < -0.39 is 0 Å². The van der Waals surface area contributed by atoms with Gasteiger partial charge in [-0.2, -0.15) is 0 Å². The molecular weight excluding hydrogens is 227 g/mol. The summed E-state index contributed by atoms with van der Waals surface area (Å²) in [6.45, 7) is 2.64. The fourth-order valence-corrected chi connectivity index (χ4v) is 2.59. The predicted octanol–water partition coefficient (Wildman–Crippen LogP) is 2.79. The third kappa shape index (κ3) is 4.07. The van der Waals surface area contributed by atoms with E-state index in [0.717, 1.165) is 18.7 Å². The topological polar surface area (TPSA) is 15.3 Å². The van der Waals surface area contributed by atoms with Crippen LogP contribution in [0.3, 0.4) is 0 Å². The maximum absolute atomic E-state index is 13.5. The summed E-state index contributed by atoms with van der Waals surface area (Å²) in [4.78, 5) is 2.17. The van der Waals surface area contributed by atoms with Crippen LogP contribution in [0.5, 0.6) is 0 Å². The molecule has 1 aromatic carbocycles. The highest BCUT2D eigenvalue weighted by molar-refractivity contribution is 5.16. The van der Waals surface area contributed by atoms with Crippen molar-refractivity contribution in [3.63, 3.8) is 0 Å². The van der Waals surface area contributed by atoms with Crippen molar-refractivity contribution in [1.82, 2.24) is 10.2 Å². The Bertz CT molecular complexity index is 361. The Morgan fingerprint density at radius 1 is 1.28 bits per heavy atom. The van der Waals surface area contributed by atoms with Gasteiger partial charge in [-0.25, -0.2) is 4.39 Å². The Balaban J connectivity index is 1.68. The van der Waals surface area contributed by atoms with Crippen LogP contribution in [0.1, 0.15) is 31.2 Å². The molecule has 1 aromatic rings. The van der Waals surface area contributed by atoms with E-state index in [0.29, 0.717) is 12.6 Å². The SMILES string of the molecule is CN(CCNC1CCCC1)Cc1ccccc1F. The normalized spacial score (nSPS) is 16.6. The quantitative estimate of drug-likeness (QED) is 0.835. The zero-order valence-electron chi connectivity index (χ0n) is 11.2. The van der Waals surface area contributed by atoms with Crippen molar-refractivity contribution < 1.29 is 4.39 Å². The number of hydrogen-bond donors (Lipinski definition) is 1. The average Bonchev–Trinajstić information content (AvgIpc) is 2.85. The lowest BCUT2D eigenvalue weighted by Crippen LogP contribution is -2.34. The Morgan fingerprint density at radius 3 is 2.72 bits per heavy atom. The molecule has 0 bridgehead atoms. The summed E-state index contributed by atoms with van der Waals surface area (Å²) in [5.41, 5.74) is 0.779. The van der Waals surface area contributed by atoms with Gasteiger partial charge in [-0.3, -0.25) is 0 Å². The van der Waals surface area contributed by atoms with Crippen molar-refractivity contribution in [3.8, 4) is 0 Å². The molecule has 0 radical (unpaired) electrons. The summed E-state index contributed by atoms with van der Waals surface area (Å²) in [7, 11) is 2.04. The van der Waals surface area contributed by atoms with Crippen molar-refractivity contribution in [1.29, 1.82) is 0 Å². The van der Waals surface area contributed by atoms with E-state index in [9.17, 15) is 4.39 Å². The molecule has 0 saturated heterocycles. The van der Waals surface area contributed by atoms with Crippen molar-refractivity contribution in [2.45, 2.75) is 38.3 Å². The monoisotopic (exact) mass is 250 g/mol. The van der Waals surface area contributed by atoms with Crippen LogP contribution in [0, 0.1) is 5.82 Å². The lowest BCUT2D eigenvalue weighted by Gasteiger charge is -2.19. The van der Waals surface area contributed by atoms with Gasteiger partial charge < -0.3 is 10.2 Å². The first-order valence-corrected chi connectivity index (χ1v) is 6.91. The fourth-order valence-electron chi connectivity index (χ4n) is 2.59. The van der Waals surface area contributed by atoms with Crippen LogP contribution < -0.4 is 5.32 Å². The van der Waals surface area contributed by atoms with Crippen molar-refractivity contribution in [2.24, 2.45) is 0 Å². The van der Waals surface area contributed by atoms with Crippen molar-refractivity contribution >= 4 is 0 Å². The smallest absolute Gasteiger partial charge is 0.127 e. The van der Waals surface area contributed by atoms with Crippen LogP contribution in [0.2, 0.25) is 0 Å². The first-order valence-electron chi connectivity index (χ1n) is 6.91. The van der Waals surface area contributed by atoms with Crippen LogP contribution in [0.4, 0.5) is 4.39 Å². The van der Waals surface area contributed by atoms with E-state index in [1.54, 1.807) is 6.07 Å². The second-order valence-corrected chi connectivity index (χ2v) is 5.26. The summed E-state index contributed by atoms with van der Waals surface area (Å²) in [5.74, 6) is -0.104. The highest BCUT2D eigenvalue weighted by atomic mass is 19.1. The molecule has 2 nitrogen and oxygen atoms in total. The summed E-state index contributed by atoms with van der Waals surface area (Å²) < 4.78 is 13.5. The molecule has 3 heteroatoms. The molecule has 18 heavy (non-hydrogen) atoms. The summed E-state index contributed by atoms with van der Waals surface area (Å²) in [6, 6.07) is 7.73. The Kier molecular flexibility index (Phi) is 5.14. The van der Waals surface area contributed by atoms with Crippen LogP contribution in [0.25, 0.3) is 0 Å². The minimum Gasteiger partial charge on any atom is -0.313 e. The number of benzene rings is 1. The Labute approximate surface area is 109 Å². The molecule has 1 saturated carbocycles. The maximum atomic E-state index is 13.5. The van der Waals surface area contributed by atoms with Gasteiger partial charge in [-0.1, -0.05) is 31.0 Å². The summed E-state index contributed by atoms with van der Waals surface area (Å²) in [5, 5.41) is 3.58. The summed E-state index contributed by atoms with van der Waals surface area (Å²) >= 11 is 0. The lowest BCUT2D eigenvalue weighted by atomic mass is 10.2.